The van der Waals surface area contributed by atoms with Crippen molar-refractivity contribution in [1.82, 2.24) is 0 Å². The number of para-hydroxylation sites is 1. The van der Waals surface area contributed by atoms with Crippen LogP contribution in [0.4, 0.5) is 0 Å². The van der Waals surface area contributed by atoms with Crippen molar-refractivity contribution in [2.75, 3.05) is 13.2 Å². The van der Waals surface area contributed by atoms with E-state index in [4.69, 9.17) is 10.5 Å². The molecule has 1 aliphatic heterocycles. The Bertz CT molecular complexity index is 344. The Morgan fingerprint density at radius 1 is 1.36 bits per heavy atom. The van der Waals surface area contributed by atoms with Crippen LogP contribution in [0.15, 0.2) is 30.3 Å². The fourth-order valence-corrected chi connectivity index (χ4v) is 1.73. The molecule has 0 aliphatic carbocycles. The van der Waals surface area contributed by atoms with Gasteiger partial charge in [0.05, 0.1) is 6.61 Å². The van der Waals surface area contributed by atoms with E-state index in [0.717, 1.165) is 25.2 Å². The lowest BCUT2D eigenvalue weighted by Crippen LogP contribution is -2.08. The van der Waals surface area contributed by atoms with Crippen molar-refractivity contribution in [3.8, 4) is 5.75 Å². The quantitative estimate of drug-likeness (QED) is 0.774. The number of ether oxygens (including phenoxy) is 1. The molecule has 0 spiro atoms. The van der Waals surface area contributed by atoms with E-state index in [1.807, 2.05) is 18.2 Å². The lowest BCUT2D eigenvalue weighted by Gasteiger charge is -2.19. The van der Waals surface area contributed by atoms with Gasteiger partial charge in [0.2, 0.25) is 0 Å². The molecule has 0 amide bonds. The third-order valence-electron chi connectivity index (χ3n) is 2.42. The van der Waals surface area contributed by atoms with Gasteiger partial charge in [-0.05, 0) is 24.6 Å². The number of benzene rings is 1. The van der Waals surface area contributed by atoms with Crippen LogP contribution in [-0.2, 0) is 0 Å². The first-order valence-electron chi connectivity index (χ1n) is 5.03. The standard InChI is InChI=1S/C12H15NO/c13-8-3-4-10-7-9-14-12-6-2-1-5-11(10)12/h1-2,4-6H,3,7-9,13H2. The molecule has 1 aliphatic rings. The van der Waals surface area contributed by atoms with Crippen LogP contribution in [0.5, 0.6) is 5.75 Å². The molecule has 0 saturated heterocycles. The van der Waals surface area contributed by atoms with E-state index >= 15 is 0 Å². The van der Waals surface area contributed by atoms with Gasteiger partial charge in [-0.25, -0.2) is 0 Å². The highest BCUT2D eigenvalue weighted by molar-refractivity contribution is 5.71. The summed E-state index contributed by atoms with van der Waals surface area (Å²) in [5.41, 5.74) is 8.09. The predicted octanol–water partition coefficient (Wildman–Crippen LogP) is 2.20. The zero-order valence-electron chi connectivity index (χ0n) is 8.20. The Kier molecular flexibility index (Phi) is 2.84. The van der Waals surface area contributed by atoms with E-state index in [0.29, 0.717) is 6.54 Å². The van der Waals surface area contributed by atoms with Gasteiger partial charge in [0, 0.05) is 12.0 Å². The maximum Gasteiger partial charge on any atom is 0.126 e. The van der Waals surface area contributed by atoms with E-state index in [1.54, 1.807) is 0 Å². The van der Waals surface area contributed by atoms with Crippen LogP contribution in [0.1, 0.15) is 18.4 Å². The van der Waals surface area contributed by atoms with Crippen molar-refractivity contribution < 1.29 is 4.74 Å². The average Bonchev–Trinajstić information content (AvgIpc) is 2.26. The minimum atomic E-state index is 0.715. The van der Waals surface area contributed by atoms with E-state index in [2.05, 4.69) is 12.1 Å². The van der Waals surface area contributed by atoms with Crippen LogP contribution < -0.4 is 10.5 Å². The summed E-state index contributed by atoms with van der Waals surface area (Å²) in [7, 11) is 0. The van der Waals surface area contributed by atoms with Gasteiger partial charge in [-0.15, -0.1) is 0 Å². The first kappa shape index (κ1) is 9.28. The number of fused-ring (bicyclic) bond motifs is 1. The molecule has 1 aromatic carbocycles. The molecule has 0 fully saturated rings. The van der Waals surface area contributed by atoms with Gasteiger partial charge >= 0.3 is 0 Å². The summed E-state index contributed by atoms with van der Waals surface area (Å²) in [6.07, 6.45) is 4.17. The summed E-state index contributed by atoms with van der Waals surface area (Å²) in [6, 6.07) is 8.18. The van der Waals surface area contributed by atoms with Crippen LogP contribution in [0.25, 0.3) is 5.57 Å². The Morgan fingerprint density at radius 3 is 3.07 bits per heavy atom. The Morgan fingerprint density at radius 2 is 2.21 bits per heavy atom. The van der Waals surface area contributed by atoms with Gasteiger partial charge in [0.1, 0.15) is 5.75 Å². The number of hydrogen-bond acceptors (Lipinski definition) is 2. The van der Waals surface area contributed by atoms with E-state index in [1.165, 1.54) is 11.1 Å². The SMILES string of the molecule is NCCC=C1CCOc2ccccc21. The summed E-state index contributed by atoms with van der Waals surface area (Å²) in [5, 5.41) is 0. The molecule has 0 aromatic heterocycles. The summed E-state index contributed by atoms with van der Waals surface area (Å²) < 4.78 is 5.56. The van der Waals surface area contributed by atoms with E-state index in [9.17, 15) is 0 Å². The van der Waals surface area contributed by atoms with Crippen LogP contribution >= 0.6 is 0 Å². The molecule has 1 aromatic rings. The molecular formula is C12H15NO. The minimum absolute atomic E-state index is 0.715. The van der Waals surface area contributed by atoms with E-state index in [-0.39, 0.29) is 0 Å². The van der Waals surface area contributed by atoms with Crippen molar-refractivity contribution in [3.63, 3.8) is 0 Å². The molecule has 0 bridgehead atoms. The van der Waals surface area contributed by atoms with Gasteiger partial charge in [-0.2, -0.15) is 0 Å². The topological polar surface area (TPSA) is 35.2 Å². The van der Waals surface area contributed by atoms with Crippen LogP contribution in [0.2, 0.25) is 0 Å². The zero-order chi connectivity index (χ0) is 9.80. The highest BCUT2D eigenvalue weighted by Gasteiger charge is 2.13. The first-order chi connectivity index (χ1) is 6.92. The molecule has 74 valence electrons. The molecule has 0 atom stereocenters. The molecule has 0 unspecified atom stereocenters. The number of rotatable bonds is 2. The lowest BCUT2D eigenvalue weighted by molar-refractivity contribution is 0.316. The predicted molar refractivity (Wildman–Crippen MR) is 58.2 cm³/mol. The van der Waals surface area contributed by atoms with Crippen molar-refractivity contribution in [3.05, 3.63) is 35.9 Å². The van der Waals surface area contributed by atoms with Crippen LogP contribution in [0.3, 0.4) is 0 Å². The van der Waals surface area contributed by atoms with Crippen LogP contribution in [-0.4, -0.2) is 13.2 Å². The molecule has 2 N–H and O–H groups in total. The van der Waals surface area contributed by atoms with Gasteiger partial charge in [0.25, 0.3) is 0 Å². The zero-order valence-corrected chi connectivity index (χ0v) is 8.20. The van der Waals surface area contributed by atoms with Crippen molar-refractivity contribution in [1.29, 1.82) is 0 Å². The minimum Gasteiger partial charge on any atom is -0.493 e. The monoisotopic (exact) mass is 189 g/mol. The van der Waals surface area contributed by atoms with Gasteiger partial charge in [0.15, 0.2) is 0 Å². The lowest BCUT2D eigenvalue weighted by atomic mass is 9.99. The summed E-state index contributed by atoms with van der Waals surface area (Å²) in [6.45, 7) is 1.50. The molecule has 2 nitrogen and oxygen atoms in total. The smallest absolute Gasteiger partial charge is 0.126 e. The van der Waals surface area contributed by atoms with Crippen LogP contribution in [0, 0.1) is 0 Å². The molecule has 2 rings (SSSR count). The normalized spacial score (nSPS) is 17.6. The molecule has 1 heterocycles. The fourth-order valence-electron chi connectivity index (χ4n) is 1.73. The Balaban J connectivity index is 2.31. The third-order valence-corrected chi connectivity index (χ3v) is 2.42. The summed E-state index contributed by atoms with van der Waals surface area (Å²) in [4.78, 5) is 0. The summed E-state index contributed by atoms with van der Waals surface area (Å²) in [5.74, 6) is 1.00. The number of nitrogens with two attached hydrogens (primary N) is 1. The molecule has 0 radical (unpaired) electrons. The molecule has 2 heteroatoms. The van der Waals surface area contributed by atoms with Gasteiger partial charge in [-0.3, -0.25) is 0 Å². The second kappa shape index (κ2) is 4.29. The highest BCUT2D eigenvalue weighted by atomic mass is 16.5. The Hall–Kier alpha value is -1.28. The largest absolute Gasteiger partial charge is 0.493 e. The third kappa shape index (κ3) is 1.80. The maximum absolute atomic E-state index is 5.56. The maximum atomic E-state index is 5.56. The second-order valence-corrected chi connectivity index (χ2v) is 3.40. The van der Waals surface area contributed by atoms with Crippen molar-refractivity contribution >= 4 is 5.57 Å². The van der Waals surface area contributed by atoms with Crippen molar-refractivity contribution in [2.24, 2.45) is 5.73 Å². The average molecular weight is 189 g/mol. The Labute approximate surface area is 84.4 Å². The second-order valence-electron chi connectivity index (χ2n) is 3.40. The van der Waals surface area contributed by atoms with Gasteiger partial charge < -0.3 is 10.5 Å². The van der Waals surface area contributed by atoms with E-state index < -0.39 is 0 Å². The fraction of sp³-hybridized carbons (Fsp3) is 0.333. The molecule has 0 saturated carbocycles. The number of hydrogen-bond donors (Lipinski definition) is 1. The highest BCUT2D eigenvalue weighted by Crippen LogP contribution is 2.32. The molecular weight excluding hydrogens is 174 g/mol. The first-order valence-corrected chi connectivity index (χ1v) is 5.03. The summed E-state index contributed by atoms with van der Waals surface area (Å²) >= 11 is 0. The van der Waals surface area contributed by atoms with Gasteiger partial charge in [-0.1, -0.05) is 24.3 Å². The molecule has 14 heavy (non-hydrogen) atoms. The van der Waals surface area contributed by atoms with Crippen molar-refractivity contribution in [2.45, 2.75) is 12.8 Å².